The third-order valence-corrected chi connectivity index (χ3v) is 4.17. The van der Waals surface area contributed by atoms with Crippen molar-refractivity contribution in [1.29, 1.82) is 0 Å². The normalized spacial score (nSPS) is 10.5. The molecule has 3 aromatic carbocycles. The molecule has 0 aliphatic carbocycles. The molecule has 3 nitrogen and oxygen atoms in total. The molecule has 0 radical (unpaired) electrons. The number of unbranched alkanes of at least 4 members (excludes halogenated alkanes) is 1. The summed E-state index contributed by atoms with van der Waals surface area (Å²) in [6, 6.07) is 16.5. The van der Waals surface area contributed by atoms with Gasteiger partial charge in [0.05, 0.1) is 12.2 Å². The van der Waals surface area contributed by atoms with Crippen molar-refractivity contribution in [3.05, 3.63) is 83.9 Å². The van der Waals surface area contributed by atoms with E-state index in [2.05, 4.69) is 6.92 Å². The van der Waals surface area contributed by atoms with Crippen LogP contribution in [0.3, 0.4) is 0 Å². The molecule has 0 atom stereocenters. The molecule has 3 aromatic rings. The van der Waals surface area contributed by atoms with Crippen LogP contribution in [0.1, 0.15) is 30.1 Å². The lowest BCUT2D eigenvalue weighted by molar-refractivity contribution is 0.0729. The van der Waals surface area contributed by atoms with Crippen molar-refractivity contribution in [3.8, 4) is 22.6 Å². The minimum Gasteiger partial charge on any atom is -0.494 e. The number of benzene rings is 3. The predicted octanol–water partition coefficient (Wildman–Crippen LogP) is 6.03. The zero-order valence-electron chi connectivity index (χ0n) is 15.5. The fourth-order valence-electron chi connectivity index (χ4n) is 2.60. The fraction of sp³-hybridized carbons (Fsp3) is 0.174. The molecule has 0 unspecified atom stereocenters. The summed E-state index contributed by atoms with van der Waals surface area (Å²) in [6.07, 6.45) is 2.01. The molecule has 5 heteroatoms. The predicted molar refractivity (Wildman–Crippen MR) is 104 cm³/mol. The smallest absolute Gasteiger partial charge is 0.346 e. The molecule has 0 spiro atoms. The van der Waals surface area contributed by atoms with Crippen molar-refractivity contribution in [3.63, 3.8) is 0 Å². The highest BCUT2D eigenvalue weighted by molar-refractivity contribution is 5.92. The number of halogens is 2. The Hall–Kier alpha value is -3.21. The highest BCUT2D eigenvalue weighted by Gasteiger charge is 2.15. The number of rotatable bonds is 7. The van der Waals surface area contributed by atoms with E-state index in [0.717, 1.165) is 12.8 Å². The summed E-state index contributed by atoms with van der Waals surface area (Å²) in [4.78, 5) is 12.3. The van der Waals surface area contributed by atoms with Crippen molar-refractivity contribution in [1.82, 2.24) is 0 Å². The Bertz CT molecular complexity index is 935. The molecular weight excluding hydrogens is 362 g/mol. The van der Waals surface area contributed by atoms with Crippen LogP contribution >= 0.6 is 0 Å². The Labute approximate surface area is 162 Å². The first-order chi connectivity index (χ1) is 13.6. The zero-order valence-corrected chi connectivity index (χ0v) is 15.5. The first-order valence-electron chi connectivity index (χ1n) is 9.07. The highest BCUT2D eigenvalue weighted by Crippen LogP contribution is 2.24. The van der Waals surface area contributed by atoms with Crippen LogP contribution in [0, 0.1) is 11.6 Å². The fourth-order valence-corrected chi connectivity index (χ4v) is 2.60. The first kappa shape index (κ1) is 19.5. The lowest BCUT2D eigenvalue weighted by Crippen LogP contribution is -2.10. The molecular formula is C23H20F2O3. The van der Waals surface area contributed by atoms with Crippen LogP contribution in [0.4, 0.5) is 8.78 Å². The van der Waals surface area contributed by atoms with Gasteiger partial charge in [-0.1, -0.05) is 31.5 Å². The highest BCUT2D eigenvalue weighted by atomic mass is 19.1. The number of hydrogen-bond acceptors (Lipinski definition) is 3. The van der Waals surface area contributed by atoms with Gasteiger partial charge in [-0.05, 0) is 66.1 Å². The van der Waals surface area contributed by atoms with Gasteiger partial charge in [-0.2, -0.15) is 0 Å². The first-order valence-corrected chi connectivity index (χ1v) is 9.07. The van der Waals surface area contributed by atoms with Crippen molar-refractivity contribution in [2.45, 2.75) is 19.8 Å². The van der Waals surface area contributed by atoms with E-state index in [1.165, 1.54) is 24.3 Å². The van der Waals surface area contributed by atoms with Gasteiger partial charge in [0.25, 0.3) is 0 Å². The lowest BCUT2D eigenvalue weighted by atomic mass is 10.0. The second-order valence-corrected chi connectivity index (χ2v) is 6.26. The minimum absolute atomic E-state index is 0.172. The van der Waals surface area contributed by atoms with Crippen LogP contribution in [-0.2, 0) is 0 Å². The van der Waals surface area contributed by atoms with Crippen molar-refractivity contribution < 1.29 is 23.0 Å². The molecule has 0 fully saturated rings. The molecule has 3 rings (SSSR count). The maximum Gasteiger partial charge on any atom is 0.346 e. The second-order valence-electron chi connectivity index (χ2n) is 6.26. The molecule has 0 N–H and O–H groups in total. The van der Waals surface area contributed by atoms with E-state index < -0.39 is 11.8 Å². The van der Waals surface area contributed by atoms with Crippen LogP contribution < -0.4 is 9.47 Å². The van der Waals surface area contributed by atoms with Gasteiger partial charge in [-0.15, -0.1) is 0 Å². The Morgan fingerprint density at radius 2 is 1.50 bits per heavy atom. The number of esters is 1. The molecule has 0 amide bonds. The van der Waals surface area contributed by atoms with Gasteiger partial charge in [-0.3, -0.25) is 0 Å². The molecule has 0 aromatic heterocycles. The lowest BCUT2D eigenvalue weighted by Gasteiger charge is -2.09. The van der Waals surface area contributed by atoms with Gasteiger partial charge in [0.1, 0.15) is 23.1 Å². The summed E-state index contributed by atoms with van der Waals surface area (Å²) < 4.78 is 38.2. The number of carbonyl (C=O) groups excluding carboxylic acids is 1. The third-order valence-electron chi connectivity index (χ3n) is 4.17. The number of carbonyl (C=O) groups is 1. The van der Waals surface area contributed by atoms with Gasteiger partial charge < -0.3 is 9.47 Å². The van der Waals surface area contributed by atoms with E-state index in [0.29, 0.717) is 29.2 Å². The summed E-state index contributed by atoms with van der Waals surface area (Å²) in [5.74, 6) is -0.877. The standard InChI is InChI=1S/C23H20F2O3/c1-2-3-14-27-19-9-11-20(12-10-19)28-23(26)21-13-6-17(15-22(21)25)16-4-7-18(24)8-5-16/h4-13,15H,2-3,14H2,1H3. The number of hydrogen-bond donors (Lipinski definition) is 0. The SMILES string of the molecule is CCCCOc1ccc(OC(=O)c2ccc(-c3ccc(F)cc3)cc2F)cc1. The molecule has 0 aliphatic heterocycles. The average Bonchev–Trinajstić information content (AvgIpc) is 2.70. The Kier molecular flexibility index (Phi) is 6.37. The van der Waals surface area contributed by atoms with E-state index in [1.807, 2.05) is 0 Å². The second kappa shape index (κ2) is 9.13. The van der Waals surface area contributed by atoms with Crippen LogP contribution in [0.5, 0.6) is 11.5 Å². The van der Waals surface area contributed by atoms with E-state index in [4.69, 9.17) is 9.47 Å². The minimum atomic E-state index is -0.789. The molecule has 144 valence electrons. The van der Waals surface area contributed by atoms with E-state index in [1.54, 1.807) is 42.5 Å². The molecule has 0 heterocycles. The molecule has 0 bridgehead atoms. The van der Waals surface area contributed by atoms with Gasteiger partial charge >= 0.3 is 5.97 Å². The Morgan fingerprint density at radius 1 is 0.857 bits per heavy atom. The number of ether oxygens (including phenoxy) is 2. The van der Waals surface area contributed by atoms with Crippen molar-refractivity contribution >= 4 is 5.97 Å². The van der Waals surface area contributed by atoms with Crippen LogP contribution in [0.15, 0.2) is 66.7 Å². The summed E-state index contributed by atoms with van der Waals surface area (Å²) in [6.45, 7) is 2.71. The zero-order chi connectivity index (χ0) is 19.9. The van der Waals surface area contributed by atoms with Crippen LogP contribution in [0.2, 0.25) is 0 Å². The quantitative estimate of drug-likeness (QED) is 0.284. The van der Waals surface area contributed by atoms with Gasteiger partial charge in [-0.25, -0.2) is 13.6 Å². The van der Waals surface area contributed by atoms with Crippen molar-refractivity contribution in [2.75, 3.05) is 6.61 Å². The summed E-state index contributed by atoms with van der Waals surface area (Å²) >= 11 is 0. The average molecular weight is 382 g/mol. The Balaban J connectivity index is 1.68. The van der Waals surface area contributed by atoms with Gasteiger partial charge in [0, 0.05) is 0 Å². The molecule has 0 saturated heterocycles. The summed E-state index contributed by atoms with van der Waals surface area (Å²) in [7, 11) is 0. The van der Waals surface area contributed by atoms with E-state index in [9.17, 15) is 13.6 Å². The molecule has 28 heavy (non-hydrogen) atoms. The molecule has 0 aliphatic rings. The largest absolute Gasteiger partial charge is 0.494 e. The maximum atomic E-state index is 14.4. The van der Waals surface area contributed by atoms with Crippen LogP contribution in [0.25, 0.3) is 11.1 Å². The van der Waals surface area contributed by atoms with Crippen molar-refractivity contribution in [2.24, 2.45) is 0 Å². The third kappa shape index (κ3) is 4.94. The van der Waals surface area contributed by atoms with Gasteiger partial charge in [0.2, 0.25) is 0 Å². The van der Waals surface area contributed by atoms with Gasteiger partial charge in [0.15, 0.2) is 0 Å². The summed E-state index contributed by atoms with van der Waals surface area (Å²) in [5.41, 5.74) is 1.02. The topological polar surface area (TPSA) is 35.5 Å². The monoisotopic (exact) mass is 382 g/mol. The van der Waals surface area contributed by atoms with E-state index >= 15 is 0 Å². The van der Waals surface area contributed by atoms with Crippen LogP contribution in [-0.4, -0.2) is 12.6 Å². The molecule has 0 saturated carbocycles. The Morgan fingerprint density at radius 3 is 2.14 bits per heavy atom. The maximum absolute atomic E-state index is 14.4. The summed E-state index contributed by atoms with van der Waals surface area (Å²) in [5, 5.41) is 0. The van der Waals surface area contributed by atoms with E-state index in [-0.39, 0.29) is 11.4 Å².